The van der Waals surface area contributed by atoms with Crippen LogP contribution in [0.4, 0.5) is 0 Å². The second-order valence-electron chi connectivity index (χ2n) is 4.73. The van der Waals surface area contributed by atoms with E-state index in [2.05, 4.69) is 10.3 Å². The molecule has 0 amide bonds. The van der Waals surface area contributed by atoms with Gasteiger partial charge in [-0.1, -0.05) is 0 Å². The normalized spacial score (nSPS) is 24.4. The molecule has 1 saturated heterocycles. The minimum atomic E-state index is 0.145. The summed E-state index contributed by atoms with van der Waals surface area (Å²) in [6.07, 6.45) is 4.34. The molecule has 0 bridgehead atoms. The molecule has 0 radical (unpaired) electrons. The Morgan fingerprint density at radius 1 is 1.44 bits per heavy atom. The monoisotopic (exact) mass is 219 g/mol. The molecule has 1 atom stereocenters. The third-order valence-electron chi connectivity index (χ3n) is 3.62. The molecule has 1 aromatic rings. The van der Waals surface area contributed by atoms with Gasteiger partial charge in [-0.2, -0.15) is 0 Å². The van der Waals surface area contributed by atoms with E-state index in [0.29, 0.717) is 5.92 Å². The van der Waals surface area contributed by atoms with E-state index < -0.39 is 0 Å². The van der Waals surface area contributed by atoms with Crippen LogP contribution in [0.5, 0.6) is 0 Å². The van der Waals surface area contributed by atoms with Crippen LogP contribution in [0.3, 0.4) is 0 Å². The Bertz CT molecular complexity index is 446. The number of fused-ring (bicyclic) bond motifs is 1. The van der Waals surface area contributed by atoms with Crippen LogP contribution in [0.15, 0.2) is 10.9 Å². The molecule has 0 aromatic carbocycles. The van der Waals surface area contributed by atoms with E-state index in [9.17, 15) is 4.79 Å². The maximum atomic E-state index is 11.9. The molecule has 3 rings (SSSR count). The summed E-state index contributed by atoms with van der Waals surface area (Å²) in [4.78, 5) is 16.6. The molecule has 3 heterocycles. The first kappa shape index (κ1) is 10.0. The van der Waals surface area contributed by atoms with Gasteiger partial charge < -0.3 is 5.32 Å². The van der Waals surface area contributed by atoms with Gasteiger partial charge in [-0.15, -0.1) is 0 Å². The molecule has 0 aliphatic carbocycles. The lowest BCUT2D eigenvalue weighted by molar-refractivity contribution is 0.489. The van der Waals surface area contributed by atoms with Gasteiger partial charge in [-0.3, -0.25) is 9.36 Å². The molecule has 1 unspecified atom stereocenters. The van der Waals surface area contributed by atoms with Gasteiger partial charge in [-0.05, 0) is 25.8 Å². The van der Waals surface area contributed by atoms with Crippen molar-refractivity contribution in [2.45, 2.75) is 38.1 Å². The first-order valence-electron chi connectivity index (χ1n) is 6.16. The van der Waals surface area contributed by atoms with Gasteiger partial charge in [0.2, 0.25) is 0 Å². The molecule has 0 spiro atoms. The van der Waals surface area contributed by atoms with Crippen LogP contribution in [0.1, 0.15) is 36.7 Å². The first-order chi connectivity index (χ1) is 7.84. The highest BCUT2D eigenvalue weighted by atomic mass is 16.1. The van der Waals surface area contributed by atoms with Gasteiger partial charge in [0, 0.05) is 31.5 Å². The summed E-state index contributed by atoms with van der Waals surface area (Å²) in [7, 11) is 0. The van der Waals surface area contributed by atoms with Crippen LogP contribution < -0.4 is 10.9 Å². The number of hydrogen-bond acceptors (Lipinski definition) is 3. The van der Waals surface area contributed by atoms with Crippen molar-refractivity contribution in [1.82, 2.24) is 14.9 Å². The zero-order chi connectivity index (χ0) is 11.0. The molecule has 2 aliphatic rings. The van der Waals surface area contributed by atoms with Gasteiger partial charge >= 0.3 is 0 Å². The smallest absolute Gasteiger partial charge is 0.253 e. The van der Waals surface area contributed by atoms with Crippen molar-refractivity contribution >= 4 is 0 Å². The van der Waals surface area contributed by atoms with E-state index in [4.69, 9.17) is 0 Å². The number of rotatable bonds is 1. The summed E-state index contributed by atoms with van der Waals surface area (Å²) in [5.41, 5.74) is 1.15. The third kappa shape index (κ3) is 1.67. The summed E-state index contributed by atoms with van der Waals surface area (Å²) in [5.74, 6) is 1.45. The lowest BCUT2D eigenvalue weighted by Crippen LogP contribution is -2.29. The van der Waals surface area contributed by atoms with Gasteiger partial charge in [-0.25, -0.2) is 4.98 Å². The zero-order valence-corrected chi connectivity index (χ0v) is 9.41. The van der Waals surface area contributed by atoms with E-state index in [1.165, 1.54) is 6.42 Å². The fourth-order valence-corrected chi connectivity index (χ4v) is 2.67. The Labute approximate surface area is 94.7 Å². The van der Waals surface area contributed by atoms with E-state index in [-0.39, 0.29) is 5.56 Å². The van der Waals surface area contributed by atoms with E-state index in [0.717, 1.165) is 50.4 Å². The van der Waals surface area contributed by atoms with E-state index in [1.54, 1.807) is 6.07 Å². The number of nitrogens with zero attached hydrogens (tertiary/aromatic N) is 2. The lowest BCUT2D eigenvalue weighted by atomic mass is 10.0. The second-order valence-corrected chi connectivity index (χ2v) is 4.73. The molecule has 2 aliphatic heterocycles. The zero-order valence-electron chi connectivity index (χ0n) is 9.41. The summed E-state index contributed by atoms with van der Waals surface area (Å²) in [6, 6.07) is 1.74. The summed E-state index contributed by atoms with van der Waals surface area (Å²) >= 11 is 0. The third-order valence-corrected chi connectivity index (χ3v) is 3.62. The molecule has 1 aromatic heterocycles. The fraction of sp³-hybridized carbons (Fsp3) is 0.667. The summed E-state index contributed by atoms with van der Waals surface area (Å²) < 4.78 is 1.84. The Balaban J connectivity index is 2.01. The molecular weight excluding hydrogens is 202 g/mol. The molecular formula is C12H17N3O. The number of aryl methyl sites for hydroxylation is 1. The SMILES string of the molecule is O=c1cc(C2CCNC2)nc2n1CCCC2. The average Bonchev–Trinajstić information content (AvgIpc) is 2.82. The second kappa shape index (κ2) is 4.01. The maximum Gasteiger partial charge on any atom is 0.253 e. The number of nitrogens with one attached hydrogen (secondary N) is 1. The number of hydrogen-bond donors (Lipinski definition) is 1. The predicted octanol–water partition coefficient (Wildman–Crippen LogP) is 0.656. The average molecular weight is 219 g/mol. The summed E-state index contributed by atoms with van der Waals surface area (Å²) in [6.45, 7) is 2.87. The predicted molar refractivity (Wildman–Crippen MR) is 61.7 cm³/mol. The van der Waals surface area contributed by atoms with Crippen LogP contribution >= 0.6 is 0 Å². The molecule has 1 N–H and O–H groups in total. The molecule has 4 nitrogen and oxygen atoms in total. The highest BCUT2D eigenvalue weighted by molar-refractivity contribution is 5.13. The molecule has 0 saturated carbocycles. The van der Waals surface area contributed by atoms with Crippen molar-refractivity contribution in [2.24, 2.45) is 0 Å². The quantitative estimate of drug-likeness (QED) is 0.754. The van der Waals surface area contributed by atoms with Crippen molar-refractivity contribution in [3.8, 4) is 0 Å². The molecule has 86 valence electrons. The Morgan fingerprint density at radius 2 is 2.38 bits per heavy atom. The fourth-order valence-electron chi connectivity index (χ4n) is 2.67. The standard InChI is InChI=1S/C12H17N3O/c16-12-7-10(9-4-5-13-8-9)14-11-3-1-2-6-15(11)12/h7,9,13H,1-6,8H2. The maximum absolute atomic E-state index is 11.9. The Kier molecular flexibility index (Phi) is 2.52. The Hall–Kier alpha value is -1.16. The molecule has 1 fully saturated rings. The highest BCUT2D eigenvalue weighted by Crippen LogP contribution is 2.20. The van der Waals surface area contributed by atoms with E-state index >= 15 is 0 Å². The van der Waals surface area contributed by atoms with Gasteiger partial charge in [0.1, 0.15) is 5.82 Å². The van der Waals surface area contributed by atoms with Crippen molar-refractivity contribution in [3.05, 3.63) is 27.9 Å². The van der Waals surface area contributed by atoms with E-state index in [1.807, 2.05) is 4.57 Å². The largest absolute Gasteiger partial charge is 0.316 e. The van der Waals surface area contributed by atoms with Crippen molar-refractivity contribution < 1.29 is 0 Å². The highest BCUT2D eigenvalue weighted by Gasteiger charge is 2.21. The molecule has 16 heavy (non-hydrogen) atoms. The Morgan fingerprint density at radius 3 is 3.19 bits per heavy atom. The van der Waals surface area contributed by atoms with Gasteiger partial charge in [0.05, 0.1) is 5.69 Å². The van der Waals surface area contributed by atoms with Crippen LogP contribution in [-0.2, 0) is 13.0 Å². The minimum Gasteiger partial charge on any atom is -0.316 e. The van der Waals surface area contributed by atoms with Crippen LogP contribution in [0, 0.1) is 0 Å². The van der Waals surface area contributed by atoms with Crippen molar-refractivity contribution in [3.63, 3.8) is 0 Å². The van der Waals surface area contributed by atoms with Gasteiger partial charge in [0.15, 0.2) is 0 Å². The van der Waals surface area contributed by atoms with Crippen LogP contribution in [-0.4, -0.2) is 22.6 Å². The van der Waals surface area contributed by atoms with Crippen molar-refractivity contribution in [1.29, 1.82) is 0 Å². The van der Waals surface area contributed by atoms with Crippen molar-refractivity contribution in [2.75, 3.05) is 13.1 Å². The minimum absolute atomic E-state index is 0.145. The molecule has 4 heteroatoms. The topological polar surface area (TPSA) is 46.9 Å². The lowest BCUT2D eigenvalue weighted by Gasteiger charge is -2.19. The van der Waals surface area contributed by atoms with Crippen LogP contribution in [0.2, 0.25) is 0 Å². The van der Waals surface area contributed by atoms with Gasteiger partial charge in [0.25, 0.3) is 5.56 Å². The first-order valence-corrected chi connectivity index (χ1v) is 6.16. The van der Waals surface area contributed by atoms with Crippen LogP contribution in [0.25, 0.3) is 0 Å². The summed E-state index contributed by atoms with van der Waals surface area (Å²) in [5, 5.41) is 3.32. The number of aromatic nitrogens is 2.